The molecule has 128 valence electrons. The summed E-state index contributed by atoms with van der Waals surface area (Å²) < 4.78 is 5.36. The van der Waals surface area contributed by atoms with Gasteiger partial charge in [-0.25, -0.2) is 5.43 Å². The van der Waals surface area contributed by atoms with Gasteiger partial charge in [0, 0.05) is 12.0 Å². The Kier molecular flexibility index (Phi) is 5.00. The van der Waals surface area contributed by atoms with Crippen molar-refractivity contribution in [2.45, 2.75) is 13.0 Å². The second-order valence-corrected chi connectivity index (χ2v) is 6.03. The number of amides is 1. The first kappa shape index (κ1) is 17.0. The van der Waals surface area contributed by atoms with Gasteiger partial charge in [0.1, 0.15) is 12.5 Å². The lowest BCUT2D eigenvalue weighted by atomic mass is 9.92. The Morgan fingerprint density at radius 1 is 1.28 bits per heavy atom. The SMILES string of the molecule is Nc1ccc(C2=NNC(=O)CC2C(=O)OCc2ccccc2)cc1Cl. The number of carbonyl (C=O) groups excluding carboxylic acids is 2. The van der Waals surface area contributed by atoms with Crippen LogP contribution in [0.1, 0.15) is 17.5 Å². The summed E-state index contributed by atoms with van der Waals surface area (Å²) in [6.45, 7) is 0.133. The van der Waals surface area contributed by atoms with Crippen molar-refractivity contribution < 1.29 is 14.3 Å². The predicted octanol–water partition coefficient (Wildman–Crippen LogP) is 2.51. The highest BCUT2D eigenvalue weighted by molar-refractivity contribution is 6.33. The van der Waals surface area contributed by atoms with Crippen LogP contribution in [0.5, 0.6) is 0 Å². The zero-order chi connectivity index (χ0) is 17.8. The first-order valence-electron chi connectivity index (χ1n) is 7.67. The van der Waals surface area contributed by atoms with Crippen LogP contribution in [0.25, 0.3) is 0 Å². The van der Waals surface area contributed by atoms with Gasteiger partial charge in [-0.05, 0) is 17.7 Å². The van der Waals surface area contributed by atoms with E-state index in [1.54, 1.807) is 18.2 Å². The van der Waals surface area contributed by atoms with Gasteiger partial charge in [0.05, 0.1) is 16.4 Å². The predicted molar refractivity (Wildman–Crippen MR) is 94.9 cm³/mol. The van der Waals surface area contributed by atoms with Gasteiger partial charge >= 0.3 is 5.97 Å². The van der Waals surface area contributed by atoms with Gasteiger partial charge < -0.3 is 10.5 Å². The number of hydrazone groups is 1. The lowest BCUT2D eigenvalue weighted by molar-refractivity contribution is -0.149. The quantitative estimate of drug-likeness (QED) is 0.649. The van der Waals surface area contributed by atoms with E-state index in [2.05, 4.69) is 10.5 Å². The minimum Gasteiger partial charge on any atom is -0.460 e. The standard InChI is InChI=1S/C18H16ClN3O3/c19-14-8-12(6-7-15(14)20)17-13(9-16(23)21-22-17)18(24)25-10-11-4-2-1-3-5-11/h1-8,13H,9-10,20H2,(H,21,23). The van der Waals surface area contributed by atoms with Crippen LogP contribution in [0.4, 0.5) is 5.69 Å². The topological polar surface area (TPSA) is 93.8 Å². The fourth-order valence-electron chi connectivity index (χ4n) is 2.50. The smallest absolute Gasteiger partial charge is 0.315 e. The molecule has 0 spiro atoms. The third-order valence-corrected chi connectivity index (χ3v) is 4.15. The normalized spacial score (nSPS) is 16.8. The molecule has 7 heteroatoms. The summed E-state index contributed by atoms with van der Waals surface area (Å²) in [5, 5.41) is 4.38. The maximum atomic E-state index is 12.5. The molecule has 1 amide bonds. The van der Waals surface area contributed by atoms with Crippen molar-refractivity contribution in [2.75, 3.05) is 5.73 Å². The Balaban J connectivity index is 1.80. The molecule has 3 N–H and O–H groups in total. The van der Waals surface area contributed by atoms with Gasteiger partial charge in [0.15, 0.2) is 0 Å². The summed E-state index contributed by atoms with van der Waals surface area (Å²) in [5.74, 6) is -1.64. The van der Waals surface area contributed by atoms with E-state index in [1.807, 2.05) is 30.3 Å². The minimum atomic E-state index is -0.794. The van der Waals surface area contributed by atoms with Crippen molar-refractivity contribution in [3.8, 4) is 0 Å². The Morgan fingerprint density at radius 3 is 2.76 bits per heavy atom. The van der Waals surface area contributed by atoms with Crippen LogP contribution in [0.2, 0.25) is 5.02 Å². The van der Waals surface area contributed by atoms with Crippen molar-refractivity contribution in [1.82, 2.24) is 5.43 Å². The van der Waals surface area contributed by atoms with Crippen molar-refractivity contribution >= 4 is 34.9 Å². The number of esters is 1. The Hall–Kier alpha value is -2.86. The fourth-order valence-corrected chi connectivity index (χ4v) is 2.69. The third-order valence-electron chi connectivity index (χ3n) is 3.83. The Labute approximate surface area is 149 Å². The average molecular weight is 358 g/mol. The van der Waals surface area contributed by atoms with E-state index in [-0.39, 0.29) is 18.9 Å². The zero-order valence-corrected chi connectivity index (χ0v) is 14.0. The number of nitrogens with one attached hydrogen (secondary N) is 1. The van der Waals surface area contributed by atoms with Crippen molar-refractivity contribution in [3.05, 3.63) is 64.7 Å². The molecule has 0 radical (unpaired) electrons. The number of hydrogen-bond donors (Lipinski definition) is 2. The highest BCUT2D eigenvalue weighted by Gasteiger charge is 2.33. The number of nitrogens with two attached hydrogens (primary N) is 1. The largest absolute Gasteiger partial charge is 0.460 e. The zero-order valence-electron chi connectivity index (χ0n) is 13.2. The van der Waals surface area contributed by atoms with Crippen LogP contribution in [0, 0.1) is 5.92 Å². The van der Waals surface area contributed by atoms with Crippen LogP contribution >= 0.6 is 11.6 Å². The summed E-state index contributed by atoms with van der Waals surface area (Å²) >= 11 is 6.05. The number of benzene rings is 2. The third kappa shape index (κ3) is 3.97. The minimum absolute atomic E-state index is 0.0333. The lowest BCUT2D eigenvalue weighted by Gasteiger charge is -2.22. The van der Waals surface area contributed by atoms with Crippen molar-refractivity contribution in [1.29, 1.82) is 0 Å². The molecule has 25 heavy (non-hydrogen) atoms. The van der Waals surface area contributed by atoms with E-state index >= 15 is 0 Å². The Morgan fingerprint density at radius 2 is 2.04 bits per heavy atom. The summed E-state index contributed by atoms with van der Waals surface area (Å²) in [6, 6.07) is 14.3. The summed E-state index contributed by atoms with van der Waals surface area (Å²) in [4.78, 5) is 24.2. The van der Waals surface area contributed by atoms with Gasteiger partial charge in [-0.3, -0.25) is 9.59 Å². The molecule has 1 heterocycles. The van der Waals surface area contributed by atoms with Crippen LogP contribution in [0.15, 0.2) is 53.6 Å². The first-order chi connectivity index (χ1) is 12.0. The second kappa shape index (κ2) is 7.36. The van der Waals surface area contributed by atoms with Crippen molar-refractivity contribution in [3.63, 3.8) is 0 Å². The van der Waals surface area contributed by atoms with Crippen LogP contribution < -0.4 is 11.2 Å². The number of rotatable bonds is 4. The summed E-state index contributed by atoms with van der Waals surface area (Å²) in [5.41, 5.74) is 10.4. The maximum Gasteiger partial charge on any atom is 0.315 e. The molecule has 1 aliphatic rings. The number of halogens is 1. The average Bonchev–Trinajstić information content (AvgIpc) is 2.63. The Bertz CT molecular complexity index is 837. The van der Waals surface area contributed by atoms with E-state index < -0.39 is 11.9 Å². The van der Waals surface area contributed by atoms with E-state index in [9.17, 15) is 9.59 Å². The molecule has 0 saturated carbocycles. The van der Waals surface area contributed by atoms with Gasteiger partial charge in [-0.15, -0.1) is 0 Å². The molecule has 6 nitrogen and oxygen atoms in total. The molecule has 1 aliphatic heterocycles. The van der Waals surface area contributed by atoms with E-state index in [0.717, 1.165) is 5.56 Å². The fraction of sp³-hybridized carbons (Fsp3) is 0.167. The molecule has 0 fully saturated rings. The first-order valence-corrected chi connectivity index (χ1v) is 8.05. The molecule has 0 bridgehead atoms. The summed E-state index contributed by atoms with van der Waals surface area (Å²) in [7, 11) is 0. The number of hydrogen-bond acceptors (Lipinski definition) is 5. The highest BCUT2D eigenvalue weighted by atomic mass is 35.5. The number of nitrogen functional groups attached to an aromatic ring is 1. The molecule has 1 unspecified atom stereocenters. The van der Waals surface area contributed by atoms with Crippen LogP contribution in [0.3, 0.4) is 0 Å². The molecule has 0 aliphatic carbocycles. The second-order valence-electron chi connectivity index (χ2n) is 5.62. The molecule has 0 saturated heterocycles. The van der Waals surface area contributed by atoms with Crippen LogP contribution in [-0.4, -0.2) is 17.6 Å². The molecular formula is C18H16ClN3O3. The monoisotopic (exact) mass is 357 g/mol. The van der Waals surface area contributed by atoms with E-state index in [0.29, 0.717) is 22.0 Å². The van der Waals surface area contributed by atoms with Gasteiger partial charge in [0.25, 0.3) is 0 Å². The lowest BCUT2D eigenvalue weighted by Crippen LogP contribution is -2.38. The van der Waals surface area contributed by atoms with Gasteiger partial charge in [-0.2, -0.15) is 5.10 Å². The van der Waals surface area contributed by atoms with Crippen LogP contribution in [-0.2, 0) is 20.9 Å². The molecule has 0 aromatic heterocycles. The molecule has 1 atom stereocenters. The maximum absolute atomic E-state index is 12.5. The molecular weight excluding hydrogens is 342 g/mol. The van der Waals surface area contributed by atoms with E-state index in [4.69, 9.17) is 22.1 Å². The molecule has 2 aromatic rings. The van der Waals surface area contributed by atoms with Gasteiger partial charge in [0.2, 0.25) is 5.91 Å². The van der Waals surface area contributed by atoms with Gasteiger partial charge in [-0.1, -0.05) is 48.0 Å². The summed E-state index contributed by atoms with van der Waals surface area (Å²) in [6.07, 6.45) is -0.0333. The number of ether oxygens (including phenoxy) is 1. The number of nitrogens with zero attached hydrogens (tertiary/aromatic N) is 1. The molecule has 2 aromatic carbocycles. The number of anilines is 1. The molecule has 3 rings (SSSR count). The van der Waals surface area contributed by atoms with Crippen molar-refractivity contribution in [2.24, 2.45) is 11.0 Å². The van der Waals surface area contributed by atoms with E-state index in [1.165, 1.54) is 0 Å². The highest BCUT2D eigenvalue weighted by Crippen LogP contribution is 2.25. The number of carbonyl (C=O) groups is 2.